The van der Waals surface area contributed by atoms with Crippen LogP contribution in [-0.4, -0.2) is 23.6 Å². The summed E-state index contributed by atoms with van der Waals surface area (Å²) < 4.78 is 37.9. The Morgan fingerprint density at radius 2 is 1.80 bits per heavy atom. The van der Waals surface area contributed by atoms with E-state index >= 15 is 0 Å². The fourth-order valence-corrected chi connectivity index (χ4v) is 1.06. The van der Waals surface area contributed by atoms with Crippen molar-refractivity contribution in [1.29, 1.82) is 0 Å². The number of alkyl halides is 1. The van der Waals surface area contributed by atoms with E-state index in [0.29, 0.717) is 0 Å². The highest BCUT2D eigenvalue weighted by Gasteiger charge is 2.10. The molecule has 0 spiro atoms. The van der Waals surface area contributed by atoms with Gasteiger partial charge in [-0.1, -0.05) is 0 Å². The molecule has 15 heavy (non-hydrogen) atoms. The van der Waals surface area contributed by atoms with Crippen molar-refractivity contribution in [1.82, 2.24) is 0 Å². The van der Waals surface area contributed by atoms with Crippen LogP contribution in [0.25, 0.3) is 0 Å². The molecule has 0 aromatic heterocycles. The smallest absolute Gasteiger partial charge is 0.194 e. The third-order valence-electron chi connectivity index (χ3n) is 1.70. The first kappa shape index (κ1) is 12.1. The summed E-state index contributed by atoms with van der Waals surface area (Å²) in [5.41, 5.74) is 0.0515. The molecule has 0 aliphatic heterocycles. The number of nitrogens with one attached hydrogen (secondary N) is 1. The lowest BCUT2D eigenvalue weighted by Gasteiger charge is -2.10. The molecule has 1 unspecified atom stereocenters. The maximum atomic E-state index is 12.7. The Balaban J connectivity index is 2.70. The van der Waals surface area contributed by atoms with Gasteiger partial charge >= 0.3 is 0 Å². The topological polar surface area (TPSA) is 32.3 Å². The predicted molar refractivity (Wildman–Crippen MR) is 51.5 cm³/mol. The summed E-state index contributed by atoms with van der Waals surface area (Å²) in [7, 11) is 0. The molecule has 1 rings (SSSR count). The van der Waals surface area contributed by atoms with Gasteiger partial charge in [0.15, 0.2) is 17.5 Å². The Kier molecular flexibility index (Phi) is 4.23. The van der Waals surface area contributed by atoms with E-state index in [0.717, 1.165) is 12.1 Å². The number of benzene rings is 1. The first-order chi connectivity index (χ1) is 7.04. The molecule has 0 saturated carbocycles. The van der Waals surface area contributed by atoms with Crippen molar-refractivity contribution in [3.05, 3.63) is 29.6 Å². The van der Waals surface area contributed by atoms with Crippen LogP contribution in [-0.2, 0) is 0 Å². The highest BCUT2D eigenvalue weighted by molar-refractivity contribution is 6.18. The first-order valence-electron chi connectivity index (χ1n) is 4.17. The fourth-order valence-electron chi connectivity index (χ4n) is 0.948. The summed E-state index contributed by atoms with van der Waals surface area (Å²) in [5.74, 6) is -4.08. The van der Waals surface area contributed by atoms with Crippen LogP contribution in [0.1, 0.15) is 0 Å². The zero-order valence-corrected chi connectivity index (χ0v) is 8.36. The lowest BCUT2D eigenvalue weighted by molar-refractivity contribution is 0.211. The molecule has 2 N–H and O–H groups in total. The van der Waals surface area contributed by atoms with Gasteiger partial charge < -0.3 is 10.4 Å². The van der Waals surface area contributed by atoms with E-state index in [1.165, 1.54) is 0 Å². The first-order valence-corrected chi connectivity index (χ1v) is 4.70. The van der Waals surface area contributed by atoms with Gasteiger partial charge in [0.2, 0.25) is 0 Å². The normalized spacial score (nSPS) is 12.6. The van der Waals surface area contributed by atoms with Crippen LogP contribution in [0, 0.1) is 17.5 Å². The zero-order valence-electron chi connectivity index (χ0n) is 7.61. The van der Waals surface area contributed by atoms with E-state index in [2.05, 4.69) is 5.32 Å². The molecule has 1 aromatic rings. The maximum Gasteiger partial charge on any atom is 0.194 e. The molecule has 84 valence electrons. The average molecular weight is 240 g/mol. The van der Waals surface area contributed by atoms with Crippen molar-refractivity contribution >= 4 is 17.3 Å². The molecule has 0 bridgehead atoms. The van der Waals surface area contributed by atoms with E-state index in [4.69, 9.17) is 16.7 Å². The highest BCUT2D eigenvalue weighted by atomic mass is 35.5. The average Bonchev–Trinajstić information content (AvgIpc) is 2.22. The quantitative estimate of drug-likeness (QED) is 0.623. The maximum absolute atomic E-state index is 12.7. The molecule has 0 fully saturated rings. The van der Waals surface area contributed by atoms with E-state index < -0.39 is 23.6 Å². The number of hydrogen-bond acceptors (Lipinski definition) is 2. The van der Waals surface area contributed by atoms with Crippen molar-refractivity contribution in [2.24, 2.45) is 0 Å². The Hall–Kier alpha value is -0.940. The summed E-state index contributed by atoms with van der Waals surface area (Å²) in [4.78, 5) is 0. The number of anilines is 1. The molecule has 6 heteroatoms. The van der Waals surface area contributed by atoms with Gasteiger partial charge in [-0.3, -0.25) is 0 Å². The van der Waals surface area contributed by atoms with Crippen LogP contribution >= 0.6 is 11.6 Å². The summed E-state index contributed by atoms with van der Waals surface area (Å²) in [6.07, 6.45) is -0.831. The van der Waals surface area contributed by atoms with Crippen molar-refractivity contribution in [3.63, 3.8) is 0 Å². The van der Waals surface area contributed by atoms with E-state index in [1.807, 2.05) is 0 Å². The second-order valence-corrected chi connectivity index (χ2v) is 3.25. The molecule has 0 heterocycles. The molecule has 1 atom stereocenters. The van der Waals surface area contributed by atoms with Crippen molar-refractivity contribution in [2.45, 2.75) is 6.10 Å². The Labute approximate surface area is 89.7 Å². The van der Waals surface area contributed by atoms with Crippen LogP contribution < -0.4 is 5.32 Å². The minimum absolute atomic E-state index is 0.000834. The van der Waals surface area contributed by atoms with Crippen molar-refractivity contribution in [2.75, 3.05) is 17.7 Å². The highest BCUT2D eigenvalue weighted by Crippen LogP contribution is 2.17. The third kappa shape index (κ3) is 3.28. The number of aliphatic hydroxyl groups is 1. The van der Waals surface area contributed by atoms with Crippen molar-refractivity contribution < 1.29 is 18.3 Å². The lowest BCUT2D eigenvalue weighted by atomic mass is 10.2. The monoisotopic (exact) mass is 239 g/mol. The van der Waals surface area contributed by atoms with Gasteiger partial charge in [-0.05, 0) is 0 Å². The van der Waals surface area contributed by atoms with Crippen LogP contribution in [0.2, 0.25) is 0 Å². The second kappa shape index (κ2) is 5.23. The second-order valence-electron chi connectivity index (χ2n) is 2.94. The van der Waals surface area contributed by atoms with Gasteiger partial charge in [-0.2, -0.15) is 0 Å². The SMILES string of the molecule is OC(CCl)CNc1cc(F)c(F)c(F)c1. The predicted octanol–water partition coefficient (Wildman–Crippen LogP) is 2.12. The molecule has 0 saturated heterocycles. The molecule has 0 aliphatic carbocycles. The molecule has 0 aliphatic rings. The Bertz CT molecular complexity index is 325. The molecule has 0 radical (unpaired) electrons. The van der Waals surface area contributed by atoms with Crippen LogP contribution in [0.3, 0.4) is 0 Å². The summed E-state index contributed by atoms with van der Waals surface area (Å²) in [6.45, 7) is 0.0357. The summed E-state index contributed by atoms with van der Waals surface area (Å²) in [6, 6.07) is 1.61. The largest absolute Gasteiger partial charge is 0.390 e. The molecular weight excluding hydrogens is 231 g/mol. The number of rotatable bonds is 4. The van der Waals surface area contributed by atoms with Crippen LogP contribution in [0.5, 0.6) is 0 Å². The number of hydrogen-bond donors (Lipinski definition) is 2. The molecule has 1 aromatic carbocycles. The van der Waals surface area contributed by atoms with E-state index in [-0.39, 0.29) is 18.1 Å². The molecule has 2 nitrogen and oxygen atoms in total. The Morgan fingerprint density at radius 3 is 2.27 bits per heavy atom. The van der Waals surface area contributed by atoms with Gasteiger partial charge in [0.25, 0.3) is 0 Å². The van der Waals surface area contributed by atoms with Gasteiger partial charge in [0.05, 0.1) is 12.0 Å². The van der Waals surface area contributed by atoms with Gasteiger partial charge in [0.1, 0.15) is 0 Å². The minimum atomic E-state index is -1.52. The molecule has 0 amide bonds. The van der Waals surface area contributed by atoms with Crippen LogP contribution in [0.15, 0.2) is 12.1 Å². The number of halogens is 4. The fraction of sp³-hybridized carbons (Fsp3) is 0.333. The summed E-state index contributed by atoms with van der Waals surface area (Å²) in [5, 5.41) is 11.6. The van der Waals surface area contributed by atoms with Crippen molar-refractivity contribution in [3.8, 4) is 0 Å². The minimum Gasteiger partial charge on any atom is -0.390 e. The van der Waals surface area contributed by atoms with Gasteiger partial charge in [-0.15, -0.1) is 11.6 Å². The Morgan fingerprint density at radius 1 is 1.27 bits per heavy atom. The van der Waals surface area contributed by atoms with E-state index in [1.54, 1.807) is 0 Å². The zero-order chi connectivity index (χ0) is 11.4. The lowest BCUT2D eigenvalue weighted by Crippen LogP contribution is -2.20. The standard InChI is InChI=1S/C9H9ClF3NO/c10-3-6(15)4-14-5-1-7(11)9(13)8(12)2-5/h1-2,6,14-15H,3-4H2. The summed E-state index contributed by atoms with van der Waals surface area (Å²) >= 11 is 5.31. The molecular formula is C9H9ClF3NO. The number of aliphatic hydroxyl groups excluding tert-OH is 1. The van der Waals surface area contributed by atoms with Crippen LogP contribution in [0.4, 0.5) is 18.9 Å². The van der Waals surface area contributed by atoms with Gasteiger partial charge in [0, 0.05) is 24.4 Å². The van der Waals surface area contributed by atoms with E-state index in [9.17, 15) is 13.2 Å². The third-order valence-corrected chi connectivity index (χ3v) is 2.06. The van der Waals surface area contributed by atoms with Gasteiger partial charge in [-0.25, -0.2) is 13.2 Å².